The molecular weight excluding hydrogens is 288 g/mol. The molecule has 0 spiro atoms. The molecule has 0 saturated carbocycles. The molecule has 1 saturated heterocycles. The fourth-order valence-corrected chi connectivity index (χ4v) is 2.32. The van der Waals surface area contributed by atoms with Gasteiger partial charge in [-0.3, -0.25) is 15.1 Å². The number of hydrogen-bond donors (Lipinski definition) is 2. The van der Waals surface area contributed by atoms with E-state index in [9.17, 15) is 10.1 Å². The third kappa shape index (κ3) is 2.92. The Morgan fingerprint density at radius 2 is 2.41 bits per heavy atom. The number of nitro groups is 1. The number of piperidine rings is 1. The van der Waals surface area contributed by atoms with Crippen LogP contribution >= 0.6 is 15.9 Å². The van der Waals surface area contributed by atoms with Crippen molar-refractivity contribution in [1.82, 2.24) is 10.3 Å². The van der Waals surface area contributed by atoms with Gasteiger partial charge in [-0.2, -0.15) is 0 Å². The van der Waals surface area contributed by atoms with E-state index in [1.165, 1.54) is 6.20 Å². The van der Waals surface area contributed by atoms with Gasteiger partial charge in [0.25, 0.3) is 0 Å². The Balaban J connectivity index is 2.21. The summed E-state index contributed by atoms with van der Waals surface area (Å²) in [6, 6.07) is 0.223. The predicted molar refractivity (Wildman–Crippen MR) is 68.1 cm³/mol. The zero-order chi connectivity index (χ0) is 12.3. The number of rotatable bonds is 3. The molecule has 6 nitrogen and oxygen atoms in total. The van der Waals surface area contributed by atoms with Crippen LogP contribution in [0.3, 0.4) is 0 Å². The van der Waals surface area contributed by atoms with Crippen LogP contribution in [0.5, 0.6) is 0 Å². The van der Waals surface area contributed by atoms with Crippen molar-refractivity contribution in [2.24, 2.45) is 0 Å². The summed E-state index contributed by atoms with van der Waals surface area (Å²) >= 11 is 3.29. The van der Waals surface area contributed by atoms with Crippen LogP contribution in [-0.4, -0.2) is 29.0 Å². The van der Waals surface area contributed by atoms with E-state index in [4.69, 9.17) is 0 Å². The molecule has 2 heterocycles. The summed E-state index contributed by atoms with van der Waals surface area (Å²) in [5, 5.41) is 17.4. The lowest BCUT2D eigenvalue weighted by Crippen LogP contribution is -2.38. The van der Waals surface area contributed by atoms with E-state index in [2.05, 4.69) is 31.5 Å². The van der Waals surface area contributed by atoms with Gasteiger partial charge in [0.2, 0.25) is 0 Å². The lowest BCUT2D eigenvalue weighted by Gasteiger charge is -2.24. The van der Waals surface area contributed by atoms with Gasteiger partial charge < -0.3 is 10.6 Å². The molecule has 0 amide bonds. The van der Waals surface area contributed by atoms with Crippen molar-refractivity contribution in [3.63, 3.8) is 0 Å². The average Bonchev–Trinajstić information content (AvgIpc) is 2.33. The van der Waals surface area contributed by atoms with Gasteiger partial charge >= 0.3 is 5.69 Å². The van der Waals surface area contributed by atoms with Crippen molar-refractivity contribution in [3.05, 3.63) is 27.0 Å². The topological polar surface area (TPSA) is 80.1 Å². The van der Waals surface area contributed by atoms with Gasteiger partial charge in [-0.25, -0.2) is 0 Å². The zero-order valence-corrected chi connectivity index (χ0v) is 10.7. The van der Waals surface area contributed by atoms with Crippen LogP contribution in [0, 0.1) is 10.1 Å². The summed E-state index contributed by atoms with van der Waals surface area (Å²) in [6.45, 7) is 1.84. The maximum absolute atomic E-state index is 10.9. The minimum Gasteiger partial charge on any atom is -0.374 e. The second-order valence-corrected chi connectivity index (χ2v) is 4.81. The Hall–Kier alpha value is -1.21. The number of halogens is 1. The highest BCUT2D eigenvalue weighted by Crippen LogP contribution is 2.32. The number of pyridine rings is 1. The quantitative estimate of drug-likeness (QED) is 0.658. The molecule has 0 radical (unpaired) electrons. The summed E-state index contributed by atoms with van der Waals surface area (Å²) < 4.78 is 0.622. The van der Waals surface area contributed by atoms with Crippen LogP contribution in [0.15, 0.2) is 16.9 Å². The third-order valence-corrected chi connectivity index (χ3v) is 3.32. The van der Waals surface area contributed by atoms with Crippen molar-refractivity contribution < 1.29 is 4.92 Å². The van der Waals surface area contributed by atoms with Crippen molar-refractivity contribution in [3.8, 4) is 0 Å². The van der Waals surface area contributed by atoms with Crippen LogP contribution in [0.1, 0.15) is 12.8 Å². The van der Waals surface area contributed by atoms with Gasteiger partial charge in [0, 0.05) is 18.8 Å². The number of aromatic nitrogens is 1. The Morgan fingerprint density at radius 1 is 1.59 bits per heavy atom. The number of anilines is 1. The summed E-state index contributed by atoms with van der Waals surface area (Å²) in [4.78, 5) is 14.3. The molecule has 92 valence electrons. The van der Waals surface area contributed by atoms with E-state index in [0.717, 1.165) is 25.9 Å². The van der Waals surface area contributed by atoms with E-state index in [0.29, 0.717) is 10.2 Å². The SMILES string of the molecule is O=[N+]([O-])c1cncc(Br)c1NC1CCCNC1. The second-order valence-electron chi connectivity index (χ2n) is 3.96. The number of nitrogens with zero attached hydrogens (tertiary/aromatic N) is 2. The number of hydrogen-bond acceptors (Lipinski definition) is 5. The fourth-order valence-electron chi connectivity index (χ4n) is 1.89. The summed E-state index contributed by atoms with van der Waals surface area (Å²) in [5.74, 6) is 0. The van der Waals surface area contributed by atoms with Crippen molar-refractivity contribution >= 4 is 27.3 Å². The van der Waals surface area contributed by atoms with Crippen molar-refractivity contribution in [2.75, 3.05) is 18.4 Å². The van der Waals surface area contributed by atoms with E-state index >= 15 is 0 Å². The molecule has 0 aromatic carbocycles. The van der Waals surface area contributed by atoms with Crippen LogP contribution in [0.4, 0.5) is 11.4 Å². The van der Waals surface area contributed by atoms with Crippen LogP contribution in [-0.2, 0) is 0 Å². The van der Waals surface area contributed by atoms with E-state index in [1.807, 2.05) is 0 Å². The largest absolute Gasteiger partial charge is 0.374 e. The molecule has 1 aliphatic rings. The predicted octanol–water partition coefficient (Wildman–Crippen LogP) is 1.92. The Labute approximate surface area is 107 Å². The minimum atomic E-state index is -0.420. The highest BCUT2D eigenvalue weighted by atomic mass is 79.9. The molecule has 1 aromatic heterocycles. The van der Waals surface area contributed by atoms with Gasteiger partial charge in [0.15, 0.2) is 0 Å². The molecule has 17 heavy (non-hydrogen) atoms. The molecule has 7 heteroatoms. The van der Waals surface area contributed by atoms with Gasteiger partial charge in [-0.15, -0.1) is 0 Å². The second kappa shape index (κ2) is 5.42. The highest BCUT2D eigenvalue weighted by Gasteiger charge is 2.21. The lowest BCUT2D eigenvalue weighted by atomic mass is 10.1. The maximum atomic E-state index is 10.9. The monoisotopic (exact) mass is 300 g/mol. The minimum absolute atomic E-state index is 0.00458. The van der Waals surface area contributed by atoms with Crippen LogP contribution in [0.2, 0.25) is 0 Å². The summed E-state index contributed by atoms with van der Waals surface area (Å²) in [7, 11) is 0. The zero-order valence-electron chi connectivity index (χ0n) is 9.15. The first-order valence-electron chi connectivity index (χ1n) is 5.43. The van der Waals surface area contributed by atoms with E-state index < -0.39 is 4.92 Å². The fraction of sp³-hybridized carbons (Fsp3) is 0.500. The Kier molecular flexibility index (Phi) is 3.90. The van der Waals surface area contributed by atoms with Crippen molar-refractivity contribution in [2.45, 2.75) is 18.9 Å². The normalized spacial score (nSPS) is 19.9. The molecule has 2 N–H and O–H groups in total. The average molecular weight is 301 g/mol. The van der Waals surface area contributed by atoms with Gasteiger partial charge in [0.1, 0.15) is 11.9 Å². The molecule has 1 aliphatic heterocycles. The molecule has 1 fully saturated rings. The maximum Gasteiger partial charge on any atom is 0.311 e. The smallest absolute Gasteiger partial charge is 0.311 e. The molecule has 0 bridgehead atoms. The molecule has 0 aliphatic carbocycles. The molecule has 1 atom stereocenters. The lowest BCUT2D eigenvalue weighted by molar-refractivity contribution is -0.384. The van der Waals surface area contributed by atoms with E-state index in [-0.39, 0.29) is 11.7 Å². The first-order chi connectivity index (χ1) is 8.18. The molecular formula is C10H13BrN4O2. The highest BCUT2D eigenvalue weighted by molar-refractivity contribution is 9.10. The van der Waals surface area contributed by atoms with Crippen LogP contribution < -0.4 is 10.6 Å². The van der Waals surface area contributed by atoms with Crippen LogP contribution in [0.25, 0.3) is 0 Å². The molecule has 1 unspecified atom stereocenters. The van der Waals surface area contributed by atoms with Gasteiger partial charge in [0.05, 0.1) is 9.40 Å². The van der Waals surface area contributed by atoms with E-state index in [1.54, 1.807) is 6.20 Å². The molecule has 2 rings (SSSR count). The molecule has 1 aromatic rings. The number of nitrogens with one attached hydrogen (secondary N) is 2. The summed E-state index contributed by atoms with van der Waals surface area (Å²) in [5.41, 5.74) is 0.517. The Morgan fingerprint density at radius 3 is 3.06 bits per heavy atom. The van der Waals surface area contributed by atoms with Gasteiger partial charge in [-0.05, 0) is 35.3 Å². The summed E-state index contributed by atoms with van der Waals surface area (Å²) in [6.07, 6.45) is 4.92. The Bertz CT molecular complexity index is 421. The first kappa shape index (κ1) is 12.3. The van der Waals surface area contributed by atoms with Gasteiger partial charge in [-0.1, -0.05) is 0 Å². The first-order valence-corrected chi connectivity index (χ1v) is 6.23. The standard InChI is InChI=1S/C10H13BrN4O2/c11-8-5-13-6-9(15(16)17)10(8)14-7-2-1-3-12-4-7/h5-7,12H,1-4H2,(H,13,14). The van der Waals surface area contributed by atoms with Crippen molar-refractivity contribution in [1.29, 1.82) is 0 Å². The third-order valence-electron chi connectivity index (χ3n) is 2.72.